The molecule has 0 bridgehead atoms. The Labute approximate surface area is 182 Å². The Morgan fingerprint density at radius 3 is 2.70 bits per heavy atom. The molecule has 2 heterocycles. The molecule has 1 aromatic carbocycles. The van der Waals surface area contributed by atoms with Gasteiger partial charge in [0.1, 0.15) is 12.4 Å². The Morgan fingerprint density at radius 2 is 1.87 bits per heavy atom. The van der Waals surface area contributed by atoms with Gasteiger partial charge in [-0.25, -0.2) is 4.99 Å². The molecule has 1 fully saturated rings. The molecule has 0 saturated carbocycles. The van der Waals surface area contributed by atoms with E-state index >= 15 is 0 Å². The lowest BCUT2D eigenvalue weighted by molar-refractivity contribution is -0.142. The minimum atomic E-state index is -0.261. The van der Waals surface area contributed by atoms with Gasteiger partial charge in [-0.2, -0.15) is 0 Å². The van der Waals surface area contributed by atoms with E-state index in [0.29, 0.717) is 19.8 Å². The van der Waals surface area contributed by atoms with Crippen molar-refractivity contribution in [1.82, 2.24) is 9.80 Å². The summed E-state index contributed by atoms with van der Waals surface area (Å²) in [7, 11) is 0. The Kier molecular flexibility index (Phi) is 7.25. The van der Waals surface area contributed by atoms with E-state index in [1.807, 2.05) is 11.8 Å². The smallest absolute Gasteiger partial charge is 0.302 e. The lowest BCUT2D eigenvalue weighted by atomic mass is 10.1. The molecule has 0 spiro atoms. The number of amidine groups is 1. The van der Waals surface area contributed by atoms with Crippen LogP contribution in [0.2, 0.25) is 0 Å². The maximum atomic E-state index is 10.8. The quantitative estimate of drug-likeness (QED) is 0.513. The number of esters is 1. The number of nitrogens with zero attached hydrogens (tertiary/aromatic N) is 3. The van der Waals surface area contributed by atoms with Gasteiger partial charge in [-0.05, 0) is 18.9 Å². The van der Waals surface area contributed by atoms with Crippen LogP contribution >= 0.6 is 11.8 Å². The summed E-state index contributed by atoms with van der Waals surface area (Å²) >= 11 is 1.84. The average molecular weight is 428 g/mol. The van der Waals surface area contributed by atoms with Gasteiger partial charge in [-0.1, -0.05) is 42.1 Å². The largest absolute Gasteiger partial charge is 0.463 e. The molecule has 1 aromatic rings. The van der Waals surface area contributed by atoms with Crippen molar-refractivity contribution in [1.29, 1.82) is 0 Å². The van der Waals surface area contributed by atoms with Gasteiger partial charge in [-0.3, -0.25) is 9.69 Å². The molecule has 2 aliphatic heterocycles. The molecule has 0 amide bonds. The highest BCUT2D eigenvalue weighted by atomic mass is 32.2. The van der Waals surface area contributed by atoms with Crippen LogP contribution in [0.25, 0.3) is 0 Å². The van der Waals surface area contributed by atoms with Gasteiger partial charge in [0.25, 0.3) is 0 Å². The molecule has 7 heteroatoms. The van der Waals surface area contributed by atoms with Crippen molar-refractivity contribution in [3.63, 3.8) is 0 Å². The molecule has 160 valence electrons. The molecular weight excluding hydrogens is 398 g/mol. The molecule has 1 aliphatic carbocycles. The average Bonchev–Trinajstić information content (AvgIpc) is 2.93. The molecule has 6 nitrogen and oxygen atoms in total. The standard InChI is InChI=1S/C23H29N3O3S/c1-18(27)29-17-16-28-15-14-25-10-12-26(13-11-25)23-19-6-2-4-8-21(19)30-22-9-5-3-7-20(22)24-23/h2,4,6-9H,3,5,10-17H2,1H3. The molecule has 0 aromatic heterocycles. The molecule has 0 N–H and O–H groups in total. The normalized spacial score (nSPS) is 19.1. The zero-order valence-electron chi connectivity index (χ0n) is 17.5. The minimum Gasteiger partial charge on any atom is -0.463 e. The van der Waals surface area contributed by atoms with Gasteiger partial charge >= 0.3 is 5.97 Å². The summed E-state index contributed by atoms with van der Waals surface area (Å²) in [5.74, 6) is 0.842. The highest BCUT2D eigenvalue weighted by molar-refractivity contribution is 8.03. The number of thioether (sulfide) groups is 1. The maximum absolute atomic E-state index is 10.8. The number of piperazine rings is 1. The number of carbonyl (C=O) groups excluding carboxylic acids is 1. The van der Waals surface area contributed by atoms with Gasteiger partial charge < -0.3 is 14.4 Å². The third-order valence-corrected chi connectivity index (χ3v) is 6.59. The SMILES string of the molecule is CC(=O)OCCOCCN1CCN(C2=NC3=CCCC=C3Sc3ccccc32)CC1. The summed E-state index contributed by atoms with van der Waals surface area (Å²) in [6.07, 6.45) is 6.76. The van der Waals surface area contributed by atoms with E-state index in [1.165, 1.54) is 22.3 Å². The molecule has 0 atom stereocenters. The predicted molar refractivity (Wildman–Crippen MR) is 120 cm³/mol. The fourth-order valence-electron chi connectivity index (χ4n) is 3.83. The van der Waals surface area contributed by atoms with Crippen molar-refractivity contribution in [2.45, 2.75) is 24.7 Å². The molecule has 3 aliphatic rings. The number of hydrogen-bond acceptors (Lipinski definition) is 7. The van der Waals surface area contributed by atoms with Crippen molar-refractivity contribution >= 4 is 23.6 Å². The monoisotopic (exact) mass is 427 g/mol. The van der Waals surface area contributed by atoms with Crippen molar-refractivity contribution in [2.24, 2.45) is 4.99 Å². The predicted octanol–water partition coefficient (Wildman–Crippen LogP) is 3.30. The summed E-state index contributed by atoms with van der Waals surface area (Å²) in [4.78, 5) is 23.3. The number of allylic oxidation sites excluding steroid dienone is 2. The molecule has 0 unspecified atom stereocenters. The highest BCUT2D eigenvalue weighted by Crippen LogP contribution is 2.40. The van der Waals surface area contributed by atoms with Gasteiger partial charge in [0.2, 0.25) is 0 Å². The molecule has 4 rings (SSSR count). The van der Waals surface area contributed by atoms with Crippen molar-refractivity contribution in [3.05, 3.63) is 52.6 Å². The fraction of sp³-hybridized carbons (Fsp3) is 0.478. The van der Waals surface area contributed by atoms with Gasteiger partial charge in [0, 0.05) is 55.0 Å². The summed E-state index contributed by atoms with van der Waals surface area (Å²) in [6, 6.07) is 8.62. The van der Waals surface area contributed by atoms with Crippen LogP contribution in [0.3, 0.4) is 0 Å². The second-order valence-corrected chi connectivity index (χ2v) is 8.63. The number of ether oxygens (including phenoxy) is 2. The van der Waals surface area contributed by atoms with Gasteiger partial charge in [0.15, 0.2) is 0 Å². The second-order valence-electron chi connectivity index (χ2n) is 7.55. The number of carbonyl (C=O) groups is 1. The highest BCUT2D eigenvalue weighted by Gasteiger charge is 2.26. The Bertz CT molecular complexity index is 857. The Morgan fingerprint density at radius 1 is 1.07 bits per heavy atom. The van der Waals surface area contributed by atoms with E-state index in [2.05, 4.69) is 46.2 Å². The lowest BCUT2D eigenvalue weighted by Gasteiger charge is -2.36. The van der Waals surface area contributed by atoms with Crippen molar-refractivity contribution in [3.8, 4) is 0 Å². The van der Waals surface area contributed by atoms with Crippen LogP contribution in [-0.2, 0) is 14.3 Å². The first-order valence-corrected chi connectivity index (χ1v) is 11.5. The fourth-order valence-corrected chi connectivity index (χ4v) is 4.92. The van der Waals surface area contributed by atoms with Crippen LogP contribution in [0.4, 0.5) is 0 Å². The number of benzene rings is 1. The number of rotatable bonds is 6. The van der Waals surface area contributed by atoms with Crippen LogP contribution in [0, 0.1) is 0 Å². The van der Waals surface area contributed by atoms with Crippen LogP contribution in [0.15, 0.2) is 56.9 Å². The van der Waals surface area contributed by atoms with E-state index in [0.717, 1.165) is 57.1 Å². The third-order valence-electron chi connectivity index (χ3n) is 5.42. The molecule has 1 saturated heterocycles. The first-order valence-electron chi connectivity index (χ1n) is 10.7. The van der Waals surface area contributed by atoms with E-state index in [4.69, 9.17) is 14.5 Å². The van der Waals surface area contributed by atoms with E-state index < -0.39 is 0 Å². The van der Waals surface area contributed by atoms with E-state index in [9.17, 15) is 4.79 Å². The molecule has 30 heavy (non-hydrogen) atoms. The molecule has 0 radical (unpaired) electrons. The van der Waals surface area contributed by atoms with Gasteiger partial charge in [-0.15, -0.1) is 0 Å². The molecular formula is C23H29N3O3S. The van der Waals surface area contributed by atoms with Crippen LogP contribution in [0.1, 0.15) is 25.3 Å². The zero-order chi connectivity index (χ0) is 20.8. The lowest BCUT2D eigenvalue weighted by Crippen LogP contribution is -2.49. The number of fused-ring (bicyclic) bond motifs is 2. The van der Waals surface area contributed by atoms with Gasteiger partial charge in [0.05, 0.1) is 18.9 Å². The first-order chi connectivity index (χ1) is 14.7. The number of hydrogen-bond donors (Lipinski definition) is 0. The summed E-state index contributed by atoms with van der Waals surface area (Å²) in [5.41, 5.74) is 2.36. The Balaban J connectivity index is 1.35. The van der Waals surface area contributed by atoms with E-state index in [1.54, 1.807) is 0 Å². The maximum Gasteiger partial charge on any atom is 0.302 e. The second kappa shape index (κ2) is 10.3. The number of aliphatic imine (C=N–C) groups is 1. The summed E-state index contributed by atoms with van der Waals surface area (Å²) in [6.45, 7) is 7.63. The third kappa shape index (κ3) is 5.33. The van der Waals surface area contributed by atoms with Crippen molar-refractivity contribution in [2.75, 3.05) is 52.5 Å². The topological polar surface area (TPSA) is 54.4 Å². The van der Waals surface area contributed by atoms with Crippen LogP contribution < -0.4 is 0 Å². The van der Waals surface area contributed by atoms with Crippen LogP contribution in [-0.4, -0.2) is 74.1 Å². The Hall–Kier alpha value is -2.09. The van der Waals surface area contributed by atoms with Crippen LogP contribution in [0.5, 0.6) is 0 Å². The summed E-state index contributed by atoms with van der Waals surface area (Å²) < 4.78 is 10.5. The summed E-state index contributed by atoms with van der Waals surface area (Å²) in [5, 5.41) is 0. The first kappa shape index (κ1) is 21.2. The minimum absolute atomic E-state index is 0.261. The zero-order valence-corrected chi connectivity index (χ0v) is 18.3. The van der Waals surface area contributed by atoms with Crippen molar-refractivity contribution < 1.29 is 14.3 Å². The van der Waals surface area contributed by atoms with E-state index in [-0.39, 0.29) is 5.97 Å².